The van der Waals surface area contributed by atoms with Gasteiger partial charge in [0.05, 0.1) is 42.7 Å². The van der Waals surface area contributed by atoms with Crippen molar-refractivity contribution in [3.05, 3.63) is 52.5 Å². The second-order valence-corrected chi connectivity index (χ2v) is 7.91. The van der Waals surface area contributed by atoms with Gasteiger partial charge in [-0.25, -0.2) is 9.97 Å². The number of hydrogen-bond acceptors (Lipinski definition) is 7. The van der Waals surface area contributed by atoms with Crippen LogP contribution in [0.3, 0.4) is 0 Å². The van der Waals surface area contributed by atoms with Crippen molar-refractivity contribution < 1.29 is 14.3 Å². The van der Waals surface area contributed by atoms with Crippen molar-refractivity contribution in [3.8, 4) is 11.8 Å². The molecule has 166 valence electrons. The second-order valence-electron chi connectivity index (χ2n) is 7.91. The molecule has 0 radical (unpaired) electrons. The van der Waals surface area contributed by atoms with Gasteiger partial charge < -0.3 is 19.7 Å². The maximum atomic E-state index is 12.9. The molecule has 0 saturated carbocycles. The van der Waals surface area contributed by atoms with Gasteiger partial charge in [0, 0.05) is 43.6 Å². The highest BCUT2D eigenvalue weighted by Crippen LogP contribution is 2.32. The van der Waals surface area contributed by atoms with Crippen molar-refractivity contribution in [2.75, 3.05) is 38.7 Å². The molecule has 1 aromatic carbocycles. The van der Waals surface area contributed by atoms with E-state index >= 15 is 0 Å². The standard InChI is InChI=1S/C24H27N5O3/c1-4-26-23-22-18(13-25)7-8-19(22)27-21(28-23)12-16-5-6-17(11-20(16)31-3)24(30)29-9-10-32-15(2)14-29/h5-7,11,15H,4,8-10,12,14H2,1-3H3,(H,26,27,28)/t15-/m1/s1. The number of ether oxygens (including phenoxy) is 2. The van der Waals surface area contributed by atoms with Crippen LogP contribution in [0.4, 0.5) is 5.82 Å². The molecule has 0 bridgehead atoms. The average Bonchev–Trinajstić information content (AvgIpc) is 3.22. The highest BCUT2D eigenvalue weighted by atomic mass is 16.5. The van der Waals surface area contributed by atoms with Crippen LogP contribution in [0.2, 0.25) is 0 Å². The number of methoxy groups -OCH3 is 1. The minimum atomic E-state index is -0.0247. The third-order valence-corrected chi connectivity index (χ3v) is 5.67. The zero-order valence-corrected chi connectivity index (χ0v) is 18.6. The molecular weight excluding hydrogens is 406 g/mol. The number of benzene rings is 1. The van der Waals surface area contributed by atoms with E-state index in [0.29, 0.717) is 67.6 Å². The third-order valence-electron chi connectivity index (χ3n) is 5.67. The van der Waals surface area contributed by atoms with Crippen LogP contribution in [0.5, 0.6) is 5.75 Å². The van der Waals surface area contributed by atoms with Crippen molar-refractivity contribution in [2.45, 2.75) is 32.8 Å². The van der Waals surface area contributed by atoms with Crippen LogP contribution < -0.4 is 10.1 Å². The molecule has 1 amide bonds. The molecule has 0 unspecified atom stereocenters. The Morgan fingerprint density at radius 3 is 2.97 bits per heavy atom. The van der Waals surface area contributed by atoms with Crippen LogP contribution in [-0.2, 0) is 17.6 Å². The van der Waals surface area contributed by atoms with E-state index < -0.39 is 0 Å². The Bertz CT molecular complexity index is 1110. The van der Waals surface area contributed by atoms with Gasteiger partial charge >= 0.3 is 0 Å². The Morgan fingerprint density at radius 2 is 2.25 bits per heavy atom. The topological polar surface area (TPSA) is 100 Å². The molecule has 2 aromatic rings. The molecule has 1 N–H and O–H groups in total. The van der Waals surface area contributed by atoms with Gasteiger partial charge in [0.15, 0.2) is 0 Å². The highest BCUT2D eigenvalue weighted by molar-refractivity contribution is 5.95. The molecule has 1 saturated heterocycles. The summed E-state index contributed by atoms with van der Waals surface area (Å²) < 4.78 is 11.1. The van der Waals surface area contributed by atoms with E-state index in [1.807, 2.05) is 37.0 Å². The normalized spacial score (nSPS) is 17.4. The van der Waals surface area contributed by atoms with Crippen LogP contribution in [-0.4, -0.2) is 60.2 Å². The Morgan fingerprint density at radius 1 is 1.41 bits per heavy atom. The molecule has 1 atom stereocenters. The van der Waals surface area contributed by atoms with Gasteiger partial charge in [-0.2, -0.15) is 5.26 Å². The largest absolute Gasteiger partial charge is 0.496 e. The zero-order valence-electron chi connectivity index (χ0n) is 18.6. The Hall–Kier alpha value is -3.44. The fourth-order valence-electron chi connectivity index (χ4n) is 4.15. The first-order valence-corrected chi connectivity index (χ1v) is 10.9. The average molecular weight is 434 g/mol. The van der Waals surface area contributed by atoms with Crippen LogP contribution >= 0.6 is 0 Å². The predicted molar refractivity (Wildman–Crippen MR) is 121 cm³/mol. The van der Waals surface area contributed by atoms with Crippen molar-refractivity contribution in [3.63, 3.8) is 0 Å². The van der Waals surface area contributed by atoms with Gasteiger partial charge in [0.25, 0.3) is 5.91 Å². The van der Waals surface area contributed by atoms with Gasteiger partial charge in [-0.05, 0) is 26.0 Å². The summed E-state index contributed by atoms with van der Waals surface area (Å²) in [4.78, 5) is 24.1. The fraction of sp³-hybridized carbons (Fsp3) is 0.417. The van der Waals surface area contributed by atoms with Gasteiger partial charge in [0.1, 0.15) is 17.4 Å². The molecule has 1 fully saturated rings. The molecular formula is C24H27N5O3. The lowest BCUT2D eigenvalue weighted by molar-refractivity contribution is -0.0124. The number of allylic oxidation sites excluding steroid dienone is 2. The van der Waals surface area contributed by atoms with Crippen LogP contribution in [0, 0.1) is 11.3 Å². The number of fused-ring (bicyclic) bond motifs is 1. The van der Waals surface area contributed by atoms with Crippen molar-refractivity contribution >= 4 is 17.3 Å². The molecule has 0 spiro atoms. The smallest absolute Gasteiger partial charge is 0.254 e. The highest BCUT2D eigenvalue weighted by Gasteiger charge is 2.25. The van der Waals surface area contributed by atoms with Crippen LogP contribution in [0.15, 0.2) is 24.3 Å². The first kappa shape index (κ1) is 21.8. The molecule has 4 rings (SSSR count). The number of rotatable bonds is 6. The number of amides is 1. The monoisotopic (exact) mass is 433 g/mol. The van der Waals surface area contributed by atoms with Gasteiger partial charge in [-0.3, -0.25) is 4.79 Å². The summed E-state index contributed by atoms with van der Waals surface area (Å²) >= 11 is 0. The minimum Gasteiger partial charge on any atom is -0.496 e. The van der Waals surface area contributed by atoms with Gasteiger partial charge in [-0.1, -0.05) is 12.1 Å². The van der Waals surface area contributed by atoms with Crippen molar-refractivity contribution in [1.29, 1.82) is 5.26 Å². The van der Waals surface area contributed by atoms with Gasteiger partial charge in [-0.15, -0.1) is 0 Å². The summed E-state index contributed by atoms with van der Waals surface area (Å²) in [6.45, 7) is 6.37. The summed E-state index contributed by atoms with van der Waals surface area (Å²) in [5, 5.41) is 12.7. The van der Waals surface area contributed by atoms with Crippen molar-refractivity contribution in [1.82, 2.24) is 14.9 Å². The van der Waals surface area contributed by atoms with E-state index in [2.05, 4.69) is 16.4 Å². The lowest BCUT2D eigenvalue weighted by Gasteiger charge is -2.31. The maximum Gasteiger partial charge on any atom is 0.254 e. The van der Waals surface area contributed by atoms with E-state index in [4.69, 9.17) is 14.5 Å². The number of aromatic nitrogens is 2. The molecule has 32 heavy (non-hydrogen) atoms. The number of carbonyl (C=O) groups excluding carboxylic acids is 1. The number of hydrogen-bond donors (Lipinski definition) is 1. The summed E-state index contributed by atoms with van der Waals surface area (Å²) in [5.74, 6) is 1.93. The number of carbonyl (C=O) groups is 1. The number of anilines is 1. The zero-order chi connectivity index (χ0) is 22.7. The first-order chi connectivity index (χ1) is 15.5. The minimum absolute atomic E-state index is 0.0247. The third kappa shape index (κ3) is 4.30. The van der Waals surface area contributed by atoms with Gasteiger partial charge in [0.2, 0.25) is 0 Å². The molecule has 8 heteroatoms. The van der Waals surface area contributed by atoms with E-state index in [9.17, 15) is 10.1 Å². The number of nitrogens with zero attached hydrogens (tertiary/aromatic N) is 4. The van der Waals surface area contributed by atoms with Crippen molar-refractivity contribution in [2.24, 2.45) is 0 Å². The molecule has 2 aliphatic rings. The summed E-state index contributed by atoms with van der Waals surface area (Å²) in [7, 11) is 1.60. The second kappa shape index (κ2) is 9.37. The summed E-state index contributed by atoms with van der Waals surface area (Å²) in [6.07, 6.45) is 3.00. The van der Waals surface area contributed by atoms with E-state index in [-0.39, 0.29) is 12.0 Å². The van der Waals surface area contributed by atoms with E-state index in [0.717, 1.165) is 16.8 Å². The Kier molecular flexibility index (Phi) is 6.37. The number of nitriles is 1. The number of morpholine rings is 1. The maximum absolute atomic E-state index is 12.9. The molecule has 1 aromatic heterocycles. The molecule has 8 nitrogen and oxygen atoms in total. The fourth-order valence-corrected chi connectivity index (χ4v) is 4.15. The lowest BCUT2D eigenvalue weighted by Crippen LogP contribution is -2.44. The first-order valence-electron chi connectivity index (χ1n) is 10.9. The van der Waals surface area contributed by atoms with Crippen LogP contribution in [0.25, 0.3) is 5.57 Å². The quantitative estimate of drug-likeness (QED) is 0.748. The Balaban J connectivity index is 1.59. The lowest BCUT2D eigenvalue weighted by atomic mass is 10.0. The number of nitrogens with one attached hydrogen (secondary N) is 1. The molecule has 1 aliphatic heterocycles. The van der Waals surface area contributed by atoms with Crippen LogP contribution in [0.1, 0.15) is 46.9 Å². The molecule has 1 aliphatic carbocycles. The van der Waals surface area contributed by atoms with E-state index in [1.165, 1.54) is 0 Å². The van der Waals surface area contributed by atoms with E-state index in [1.54, 1.807) is 13.2 Å². The summed E-state index contributed by atoms with van der Waals surface area (Å²) in [5.41, 5.74) is 3.75. The Labute approximate surface area is 187 Å². The predicted octanol–water partition coefficient (Wildman–Crippen LogP) is 2.83. The SMILES string of the molecule is CCNc1nc(Cc2ccc(C(=O)N3CCO[C@H](C)C3)cc2OC)nc2c1C(C#N)=CC2. The summed E-state index contributed by atoms with van der Waals surface area (Å²) in [6, 6.07) is 7.74. The molecule has 2 heterocycles.